The predicted molar refractivity (Wildman–Crippen MR) is 37.9 cm³/mol. The van der Waals surface area contributed by atoms with Crippen molar-refractivity contribution in [2.75, 3.05) is 5.73 Å². The number of nitrogen functional groups attached to an aromatic ring is 1. The Morgan fingerprint density at radius 2 is 1.25 bits per heavy atom. The second-order valence-electron chi connectivity index (χ2n) is 2.02. The second-order valence-corrected chi connectivity index (χ2v) is 2.47. The van der Waals surface area contributed by atoms with Gasteiger partial charge in [0.15, 0.2) is 23.3 Å². The lowest BCUT2D eigenvalue weighted by atomic mass is 10.2. The highest BCUT2D eigenvalue weighted by Gasteiger charge is 2.21. The molecule has 6 heteroatoms. The summed E-state index contributed by atoms with van der Waals surface area (Å²) in [6, 6.07) is 0. The van der Waals surface area contributed by atoms with Crippen molar-refractivity contribution >= 4 is 18.3 Å². The largest absolute Gasteiger partial charge is 0.395 e. The SMILES string of the molecule is Nc1c(F)c(F)c(F)c(F)c1S. The molecule has 1 nitrogen and oxygen atoms in total. The number of halogens is 4. The van der Waals surface area contributed by atoms with Gasteiger partial charge in [0.2, 0.25) is 0 Å². The molecule has 0 saturated heterocycles. The van der Waals surface area contributed by atoms with Gasteiger partial charge in [-0.1, -0.05) is 0 Å². The van der Waals surface area contributed by atoms with Crippen molar-refractivity contribution in [2.24, 2.45) is 0 Å². The Morgan fingerprint density at radius 1 is 0.833 bits per heavy atom. The van der Waals surface area contributed by atoms with Crippen LogP contribution in [0.4, 0.5) is 23.2 Å². The quantitative estimate of drug-likeness (QED) is 0.215. The molecule has 0 amide bonds. The third kappa shape index (κ3) is 1.12. The van der Waals surface area contributed by atoms with Crippen LogP contribution in [0, 0.1) is 23.3 Å². The van der Waals surface area contributed by atoms with Crippen LogP contribution in [0.1, 0.15) is 0 Å². The molecular formula is C6H3F4NS. The molecule has 1 aromatic carbocycles. The lowest BCUT2D eigenvalue weighted by Crippen LogP contribution is -2.03. The number of rotatable bonds is 0. The summed E-state index contributed by atoms with van der Waals surface area (Å²) in [4.78, 5) is -0.730. The molecule has 2 N–H and O–H groups in total. The van der Waals surface area contributed by atoms with E-state index in [1.165, 1.54) is 0 Å². The molecule has 0 aromatic heterocycles. The number of hydrogen-bond acceptors (Lipinski definition) is 2. The van der Waals surface area contributed by atoms with E-state index in [0.717, 1.165) is 0 Å². The van der Waals surface area contributed by atoms with E-state index < -0.39 is 33.9 Å². The maximum absolute atomic E-state index is 12.5. The molecular weight excluding hydrogens is 194 g/mol. The summed E-state index contributed by atoms with van der Waals surface area (Å²) in [6.45, 7) is 0. The normalized spacial score (nSPS) is 10.4. The highest BCUT2D eigenvalue weighted by molar-refractivity contribution is 7.80. The van der Waals surface area contributed by atoms with Gasteiger partial charge in [-0.05, 0) is 0 Å². The van der Waals surface area contributed by atoms with E-state index in [4.69, 9.17) is 5.73 Å². The molecule has 0 spiro atoms. The number of benzene rings is 1. The Morgan fingerprint density at radius 3 is 1.75 bits per heavy atom. The molecule has 0 aliphatic heterocycles. The first kappa shape index (κ1) is 9.18. The number of hydrogen-bond donors (Lipinski definition) is 2. The summed E-state index contributed by atoms with van der Waals surface area (Å²) >= 11 is 3.35. The van der Waals surface area contributed by atoms with Gasteiger partial charge in [0.05, 0.1) is 10.6 Å². The average Bonchev–Trinajstić information content (AvgIpc) is 2.08. The zero-order valence-electron chi connectivity index (χ0n) is 5.54. The van der Waals surface area contributed by atoms with E-state index in [1.807, 2.05) is 0 Å². The Kier molecular flexibility index (Phi) is 2.18. The molecule has 0 unspecified atom stereocenters. The van der Waals surface area contributed by atoms with Gasteiger partial charge in [0, 0.05) is 0 Å². The predicted octanol–water partition coefficient (Wildman–Crippen LogP) is 2.11. The molecule has 0 aliphatic carbocycles. The van der Waals surface area contributed by atoms with Gasteiger partial charge in [-0.15, -0.1) is 12.6 Å². The zero-order valence-corrected chi connectivity index (χ0v) is 6.43. The lowest BCUT2D eigenvalue weighted by molar-refractivity contribution is 0.401. The maximum Gasteiger partial charge on any atom is 0.199 e. The van der Waals surface area contributed by atoms with Crippen molar-refractivity contribution in [3.05, 3.63) is 23.3 Å². The van der Waals surface area contributed by atoms with Crippen molar-refractivity contribution in [2.45, 2.75) is 4.90 Å². The third-order valence-corrected chi connectivity index (χ3v) is 1.71. The van der Waals surface area contributed by atoms with Gasteiger partial charge in [-0.3, -0.25) is 0 Å². The molecule has 1 aromatic rings. The minimum Gasteiger partial charge on any atom is -0.395 e. The smallest absolute Gasteiger partial charge is 0.199 e. The molecule has 0 bridgehead atoms. The van der Waals surface area contributed by atoms with Crippen LogP contribution in [0.25, 0.3) is 0 Å². The first-order chi connectivity index (χ1) is 5.46. The maximum atomic E-state index is 12.5. The van der Waals surface area contributed by atoms with Crippen molar-refractivity contribution in [3.63, 3.8) is 0 Å². The molecule has 0 radical (unpaired) electrons. The second kappa shape index (κ2) is 2.85. The summed E-state index contributed by atoms with van der Waals surface area (Å²) in [5, 5.41) is 0. The fourth-order valence-electron chi connectivity index (χ4n) is 0.637. The van der Waals surface area contributed by atoms with Gasteiger partial charge in [0.25, 0.3) is 0 Å². The van der Waals surface area contributed by atoms with Crippen LogP contribution in [-0.4, -0.2) is 0 Å². The standard InChI is InChI=1S/C6H3F4NS/c7-1-2(8)4(10)6(12)5(11)3(1)9/h12H,11H2. The van der Waals surface area contributed by atoms with Crippen LogP contribution in [-0.2, 0) is 0 Å². The molecule has 66 valence electrons. The van der Waals surface area contributed by atoms with Gasteiger partial charge >= 0.3 is 0 Å². The topological polar surface area (TPSA) is 26.0 Å². The van der Waals surface area contributed by atoms with Crippen LogP contribution in [0.5, 0.6) is 0 Å². The highest BCUT2D eigenvalue weighted by atomic mass is 32.1. The molecule has 0 fully saturated rings. The van der Waals surface area contributed by atoms with E-state index in [-0.39, 0.29) is 0 Å². The summed E-state index contributed by atoms with van der Waals surface area (Å²) < 4.78 is 49.6. The lowest BCUT2D eigenvalue weighted by Gasteiger charge is -2.04. The van der Waals surface area contributed by atoms with Crippen molar-refractivity contribution in [1.82, 2.24) is 0 Å². The zero-order chi connectivity index (χ0) is 9.46. The Balaban J connectivity index is 3.60. The number of nitrogens with two attached hydrogens (primary N) is 1. The van der Waals surface area contributed by atoms with Gasteiger partial charge in [-0.2, -0.15) is 0 Å². The minimum atomic E-state index is -1.93. The molecule has 0 saturated carbocycles. The Hall–Kier alpha value is -0.910. The van der Waals surface area contributed by atoms with Crippen LogP contribution in [0.2, 0.25) is 0 Å². The molecule has 0 aliphatic rings. The van der Waals surface area contributed by atoms with E-state index in [0.29, 0.717) is 0 Å². The van der Waals surface area contributed by atoms with E-state index in [9.17, 15) is 17.6 Å². The summed E-state index contributed by atoms with van der Waals surface area (Å²) in [6.07, 6.45) is 0. The van der Waals surface area contributed by atoms with Crippen LogP contribution < -0.4 is 5.73 Å². The summed E-state index contributed by atoms with van der Waals surface area (Å²) in [5.41, 5.74) is 4.02. The first-order valence-corrected chi connectivity index (χ1v) is 3.22. The first-order valence-electron chi connectivity index (χ1n) is 2.77. The van der Waals surface area contributed by atoms with Crippen molar-refractivity contribution < 1.29 is 17.6 Å². The monoisotopic (exact) mass is 197 g/mol. The highest BCUT2D eigenvalue weighted by Crippen LogP contribution is 2.28. The summed E-state index contributed by atoms with van der Waals surface area (Å²) in [7, 11) is 0. The Labute approximate surface area is 70.6 Å². The van der Waals surface area contributed by atoms with Crippen molar-refractivity contribution in [1.29, 1.82) is 0 Å². The van der Waals surface area contributed by atoms with Gasteiger partial charge < -0.3 is 5.73 Å². The fourth-order valence-corrected chi connectivity index (χ4v) is 0.833. The molecule has 12 heavy (non-hydrogen) atoms. The van der Waals surface area contributed by atoms with Crippen LogP contribution >= 0.6 is 12.6 Å². The average molecular weight is 197 g/mol. The fraction of sp³-hybridized carbons (Fsp3) is 0. The van der Waals surface area contributed by atoms with E-state index in [1.54, 1.807) is 0 Å². The number of anilines is 1. The van der Waals surface area contributed by atoms with Gasteiger partial charge in [-0.25, -0.2) is 17.6 Å². The van der Waals surface area contributed by atoms with Gasteiger partial charge in [0.1, 0.15) is 0 Å². The van der Waals surface area contributed by atoms with Crippen LogP contribution in [0.3, 0.4) is 0 Å². The summed E-state index contributed by atoms with van der Waals surface area (Å²) in [5.74, 6) is -7.05. The minimum absolute atomic E-state index is 0.730. The Bertz CT molecular complexity index is 234. The van der Waals surface area contributed by atoms with E-state index in [2.05, 4.69) is 12.6 Å². The number of thiol groups is 1. The third-order valence-electron chi connectivity index (χ3n) is 1.28. The van der Waals surface area contributed by atoms with Crippen molar-refractivity contribution in [3.8, 4) is 0 Å². The van der Waals surface area contributed by atoms with E-state index >= 15 is 0 Å². The molecule has 1 rings (SSSR count). The molecule has 0 heterocycles. The van der Waals surface area contributed by atoms with Crippen LogP contribution in [0.15, 0.2) is 4.90 Å². The molecule has 0 atom stereocenters.